The summed E-state index contributed by atoms with van der Waals surface area (Å²) < 4.78 is 28.1. The molecule has 6 heteroatoms. The molecule has 2 aromatic rings. The Morgan fingerprint density at radius 1 is 1.04 bits per heavy atom. The molecule has 122 valence electrons. The van der Waals surface area contributed by atoms with Crippen molar-refractivity contribution in [1.29, 1.82) is 0 Å². The van der Waals surface area contributed by atoms with Gasteiger partial charge in [0.25, 0.3) is 0 Å². The number of rotatable bonds is 6. The van der Waals surface area contributed by atoms with Gasteiger partial charge in [0.05, 0.1) is 11.4 Å². The van der Waals surface area contributed by atoms with Gasteiger partial charge in [0, 0.05) is 12.7 Å². The molecule has 0 saturated carbocycles. The van der Waals surface area contributed by atoms with E-state index in [1.54, 1.807) is 24.3 Å². The molecule has 0 aromatic heterocycles. The fraction of sp³-hybridized carbons (Fsp3) is 0.235. The summed E-state index contributed by atoms with van der Waals surface area (Å²) in [5.74, 6) is 0.663. The van der Waals surface area contributed by atoms with Gasteiger partial charge in [0.2, 0.25) is 5.91 Å². The minimum atomic E-state index is -3.17. The van der Waals surface area contributed by atoms with Crippen LogP contribution in [0.15, 0.2) is 48.5 Å². The van der Waals surface area contributed by atoms with Crippen molar-refractivity contribution < 1.29 is 17.9 Å². The number of aryl methyl sites for hydroxylation is 1. The Labute approximate surface area is 136 Å². The van der Waals surface area contributed by atoms with Crippen LogP contribution in [-0.2, 0) is 14.6 Å². The number of para-hydroxylation sites is 3. The highest BCUT2D eigenvalue weighted by Gasteiger charge is 2.11. The minimum absolute atomic E-state index is 0.0858. The maximum absolute atomic E-state index is 11.9. The summed E-state index contributed by atoms with van der Waals surface area (Å²) >= 11 is 0. The molecule has 0 aliphatic carbocycles. The second-order valence-corrected chi connectivity index (χ2v) is 7.55. The molecule has 0 atom stereocenters. The van der Waals surface area contributed by atoms with E-state index >= 15 is 0 Å². The third-order valence-corrected chi connectivity index (χ3v) is 4.12. The quantitative estimate of drug-likeness (QED) is 0.881. The largest absolute Gasteiger partial charge is 0.455 e. The first-order valence-electron chi connectivity index (χ1n) is 7.15. The summed E-state index contributed by atoms with van der Waals surface area (Å²) in [6, 6.07) is 14.6. The van der Waals surface area contributed by atoms with E-state index in [0.29, 0.717) is 17.2 Å². The number of amides is 1. The van der Waals surface area contributed by atoms with Gasteiger partial charge in [-0.15, -0.1) is 0 Å². The van der Waals surface area contributed by atoms with Gasteiger partial charge in [-0.05, 0) is 30.7 Å². The fourth-order valence-corrected chi connectivity index (χ4v) is 2.50. The maximum atomic E-state index is 11.9. The molecule has 0 spiro atoms. The standard InChI is InChI=1S/C17H19NO4S/c1-13-7-3-5-9-15(13)22-16-10-6-4-8-14(16)18-17(19)11-12-23(2,20)21/h3-10H,11-12H2,1-2H3,(H,18,19). The van der Waals surface area contributed by atoms with Gasteiger partial charge in [0.1, 0.15) is 15.6 Å². The van der Waals surface area contributed by atoms with Crippen LogP contribution in [0, 0.1) is 6.92 Å². The Kier molecular flexibility index (Phi) is 5.39. The molecule has 2 aromatic carbocycles. The van der Waals surface area contributed by atoms with E-state index in [4.69, 9.17) is 4.74 Å². The number of carbonyl (C=O) groups excluding carboxylic acids is 1. The Hall–Kier alpha value is -2.34. The molecule has 0 unspecified atom stereocenters. The van der Waals surface area contributed by atoms with Gasteiger partial charge in [-0.25, -0.2) is 8.42 Å². The first-order chi connectivity index (χ1) is 10.8. The highest BCUT2D eigenvalue weighted by atomic mass is 32.2. The van der Waals surface area contributed by atoms with Crippen LogP contribution in [0.25, 0.3) is 0 Å². The molecule has 0 aliphatic rings. The van der Waals surface area contributed by atoms with Gasteiger partial charge in [-0.2, -0.15) is 0 Å². The zero-order valence-corrected chi connectivity index (χ0v) is 13.9. The van der Waals surface area contributed by atoms with Crippen molar-refractivity contribution in [3.63, 3.8) is 0 Å². The number of sulfone groups is 1. The first kappa shape index (κ1) is 17.0. The Morgan fingerprint density at radius 3 is 2.30 bits per heavy atom. The van der Waals surface area contributed by atoms with Crippen LogP contribution in [0.2, 0.25) is 0 Å². The highest BCUT2D eigenvalue weighted by Crippen LogP contribution is 2.30. The van der Waals surface area contributed by atoms with E-state index in [1.807, 2.05) is 31.2 Å². The summed E-state index contributed by atoms with van der Waals surface area (Å²) in [6.07, 6.45) is 1.02. The number of benzene rings is 2. The molecule has 0 heterocycles. The van der Waals surface area contributed by atoms with Crippen molar-refractivity contribution >= 4 is 21.4 Å². The lowest BCUT2D eigenvalue weighted by molar-refractivity contribution is -0.115. The molecule has 1 N–H and O–H groups in total. The molecule has 23 heavy (non-hydrogen) atoms. The van der Waals surface area contributed by atoms with Crippen molar-refractivity contribution in [3.8, 4) is 11.5 Å². The summed E-state index contributed by atoms with van der Waals surface area (Å²) in [6.45, 7) is 1.93. The zero-order valence-electron chi connectivity index (χ0n) is 13.1. The number of hydrogen-bond acceptors (Lipinski definition) is 4. The Balaban J connectivity index is 2.12. The lowest BCUT2D eigenvalue weighted by atomic mass is 10.2. The molecule has 1 amide bonds. The van der Waals surface area contributed by atoms with Crippen molar-refractivity contribution in [2.75, 3.05) is 17.3 Å². The lowest BCUT2D eigenvalue weighted by Gasteiger charge is -2.13. The Bertz CT molecular complexity index is 800. The van der Waals surface area contributed by atoms with Crippen LogP contribution < -0.4 is 10.1 Å². The predicted octanol–water partition coefficient (Wildman–Crippen LogP) is 3.16. The highest BCUT2D eigenvalue weighted by molar-refractivity contribution is 7.90. The summed E-state index contributed by atoms with van der Waals surface area (Å²) in [4.78, 5) is 11.9. The normalized spacial score (nSPS) is 11.0. The summed E-state index contributed by atoms with van der Waals surface area (Å²) in [5, 5.41) is 2.69. The molecule has 0 fully saturated rings. The van der Waals surface area contributed by atoms with Gasteiger partial charge in [-0.3, -0.25) is 4.79 Å². The average molecular weight is 333 g/mol. The fourth-order valence-electron chi connectivity index (χ4n) is 1.94. The third kappa shape index (κ3) is 5.41. The van der Waals surface area contributed by atoms with Crippen LogP contribution in [0.1, 0.15) is 12.0 Å². The molecule has 2 rings (SSSR count). The van der Waals surface area contributed by atoms with E-state index in [0.717, 1.165) is 11.8 Å². The zero-order chi connectivity index (χ0) is 16.9. The molecule has 5 nitrogen and oxygen atoms in total. The van der Waals surface area contributed by atoms with Crippen LogP contribution in [0.4, 0.5) is 5.69 Å². The van der Waals surface area contributed by atoms with E-state index in [-0.39, 0.29) is 18.1 Å². The lowest BCUT2D eigenvalue weighted by Crippen LogP contribution is -2.16. The average Bonchev–Trinajstić information content (AvgIpc) is 2.49. The smallest absolute Gasteiger partial charge is 0.225 e. The SMILES string of the molecule is Cc1ccccc1Oc1ccccc1NC(=O)CCS(C)(=O)=O. The summed E-state index contributed by atoms with van der Waals surface area (Å²) in [7, 11) is -3.17. The van der Waals surface area contributed by atoms with E-state index in [1.165, 1.54) is 0 Å². The predicted molar refractivity (Wildman–Crippen MR) is 90.7 cm³/mol. The maximum Gasteiger partial charge on any atom is 0.225 e. The Morgan fingerprint density at radius 2 is 1.65 bits per heavy atom. The molecule has 0 saturated heterocycles. The molecule has 0 radical (unpaired) electrons. The van der Waals surface area contributed by atoms with E-state index < -0.39 is 9.84 Å². The minimum Gasteiger partial charge on any atom is -0.455 e. The molecular weight excluding hydrogens is 314 g/mol. The van der Waals surface area contributed by atoms with Crippen molar-refractivity contribution in [1.82, 2.24) is 0 Å². The monoisotopic (exact) mass is 333 g/mol. The van der Waals surface area contributed by atoms with Crippen LogP contribution in [0.5, 0.6) is 11.5 Å². The van der Waals surface area contributed by atoms with Crippen molar-refractivity contribution in [3.05, 3.63) is 54.1 Å². The summed E-state index contributed by atoms with van der Waals surface area (Å²) in [5.41, 5.74) is 1.49. The number of anilines is 1. The second kappa shape index (κ2) is 7.28. The number of hydrogen-bond donors (Lipinski definition) is 1. The molecule has 0 bridgehead atoms. The number of nitrogens with one attached hydrogen (secondary N) is 1. The van der Waals surface area contributed by atoms with Crippen molar-refractivity contribution in [2.45, 2.75) is 13.3 Å². The van der Waals surface area contributed by atoms with Gasteiger partial charge in [0.15, 0.2) is 5.75 Å². The van der Waals surface area contributed by atoms with Crippen molar-refractivity contribution in [2.24, 2.45) is 0 Å². The molecular formula is C17H19NO4S. The number of carbonyl (C=O) groups is 1. The van der Waals surface area contributed by atoms with Gasteiger partial charge >= 0.3 is 0 Å². The van der Waals surface area contributed by atoms with Crippen LogP contribution in [0.3, 0.4) is 0 Å². The van der Waals surface area contributed by atoms with Crippen LogP contribution in [-0.4, -0.2) is 26.3 Å². The third-order valence-electron chi connectivity index (χ3n) is 3.17. The molecule has 0 aliphatic heterocycles. The topological polar surface area (TPSA) is 72.5 Å². The van der Waals surface area contributed by atoms with Gasteiger partial charge in [-0.1, -0.05) is 30.3 Å². The first-order valence-corrected chi connectivity index (χ1v) is 9.21. The second-order valence-electron chi connectivity index (χ2n) is 5.29. The van der Waals surface area contributed by atoms with Gasteiger partial charge < -0.3 is 10.1 Å². The number of ether oxygens (including phenoxy) is 1. The van der Waals surface area contributed by atoms with E-state index in [2.05, 4.69) is 5.32 Å². The van der Waals surface area contributed by atoms with Crippen LogP contribution >= 0.6 is 0 Å². The van der Waals surface area contributed by atoms with E-state index in [9.17, 15) is 13.2 Å².